The molecular formula is C26H21F5N2O2. The van der Waals surface area contributed by atoms with E-state index in [1.54, 1.807) is 11.0 Å². The molecule has 0 heterocycles. The molecule has 0 N–H and O–H groups in total. The maximum atomic E-state index is 14.0. The lowest BCUT2D eigenvalue weighted by molar-refractivity contribution is 0.0493. The third-order valence-corrected chi connectivity index (χ3v) is 5.06. The number of rotatable bonds is 9. The molecule has 3 rings (SSSR count). The number of nitrogens with zero attached hydrogens (tertiary/aromatic N) is 2. The van der Waals surface area contributed by atoms with E-state index < -0.39 is 40.6 Å². The maximum Gasteiger partial charge on any atom is 0.371 e. The predicted molar refractivity (Wildman–Crippen MR) is 121 cm³/mol. The van der Waals surface area contributed by atoms with Crippen molar-refractivity contribution in [2.24, 2.45) is 5.16 Å². The van der Waals surface area contributed by atoms with Gasteiger partial charge < -0.3 is 9.74 Å². The second kappa shape index (κ2) is 11.9. The highest BCUT2D eigenvalue weighted by Crippen LogP contribution is 2.24. The minimum Gasteiger partial charge on any atom is -0.349 e. The van der Waals surface area contributed by atoms with Crippen LogP contribution in [0.25, 0.3) is 0 Å². The molecule has 0 aliphatic rings. The summed E-state index contributed by atoms with van der Waals surface area (Å²) in [5.74, 6) is -13.0. The lowest BCUT2D eigenvalue weighted by Gasteiger charge is -2.24. The Labute approximate surface area is 198 Å². The molecule has 0 aliphatic carbocycles. The van der Waals surface area contributed by atoms with Crippen molar-refractivity contribution in [1.82, 2.24) is 4.90 Å². The molecule has 9 heteroatoms. The zero-order chi connectivity index (χ0) is 25.4. The van der Waals surface area contributed by atoms with Crippen LogP contribution >= 0.6 is 0 Å². The molecule has 4 nitrogen and oxygen atoms in total. The van der Waals surface area contributed by atoms with Crippen LogP contribution in [-0.2, 0) is 17.8 Å². The third-order valence-electron chi connectivity index (χ3n) is 5.06. The van der Waals surface area contributed by atoms with Crippen LogP contribution in [0.5, 0.6) is 0 Å². The summed E-state index contributed by atoms with van der Waals surface area (Å²) in [6, 6.07) is 18.6. The van der Waals surface area contributed by atoms with Gasteiger partial charge in [0.1, 0.15) is 11.4 Å². The standard InChI is InChI=1S/C26H21F5N2O2/c1-2-15-33(16-18-11-7-4-8-12-18)19(14-13-17-9-5-3-6-10-17)32-35-26(34)20-21(27)23(29)25(31)24(30)22(20)28/h2-12H,1,13-16H2/b32-19-. The summed E-state index contributed by atoms with van der Waals surface area (Å²) in [5, 5.41) is 3.77. The van der Waals surface area contributed by atoms with Gasteiger partial charge in [0, 0.05) is 19.5 Å². The average molecular weight is 488 g/mol. The molecule has 0 unspecified atom stereocenters. The minimum absolute atomic E-state index is 0.217. The molecule has 182 valence electrons. The largest absolute Gasteiger partial charge is 0.371 e. The average Bonchev–Trinajstić information content (AvgIpc) is 2.87. The van der Waals surface area contributed by atoms with Crippen LogP contribution in [0.15, 0.2) is 78.5 Å². The molecule has 0 aliphatic heterocycles. The van der Waals surface area contributed by atoms with E-state index in [1.165, 1.54) is 0 Å². The zero-order valence-electron chi connectivity index (χ0n) is 18.5. The van der Waals surface area contributed by atoms with Gasteiger partial charge in [0.25, 0.3) is 0 Å². The second-order valence-corrected chi connectivity index (χ2v) is 7.47. The fraction of sp³-hybridized carbons (Fsp3) is 0.154. The number of hydrogen-bond donors (Lipinski definition) is 0. The third kappa shape index (κ3) is 6.32. The first-order valence-electron chi connectivity index (χ1n) is 10.6. The van der Waals surface area contributed by atoms with Crippen LogP contribution < -0.4 is 0 Å². The molecule has 3 aromatic carbocycles. The van der Waals surface area contributed by atoms with Gasteiger partial charge in [-0.3, -0.25) is 0 Å². The topological polar surface area (TPSA) is 41.9 Å². The Hall–Kier alpha value is -4.01. The first-order valence-corrected chi connectivity index (χ1v) is 10.6. The smallest absolute Gasteiger partial charge is 0.349 e. The molecule has 0 saturated carbocycles. The number of aryl methyl sites for hydroxylation is 1. The van der Waals surface area contributed by atoms with Gasteiger partial charge in [0.2, 0.25) is 5.82 Å². The summed E-state index contributed by atoms with van der Waals surface area (Å²) in [5.41, 5.74) is 0.128. The SMILES string of the molecule is C=CCN(Cc1ccccc1)/C(CCc1ccccc1)=N\OC(=O)c1c(F)c(F)c(F)c(F)c1F. The molecule has 3 aromatic rings. The summed E-state index contributed by atoms with van der Waals surface area (Å²) in [4.78, 5) is 18.7. The minimum atomic E-state index is -2.37. The van der Waals surface area contributed by atoms with E-state index in [2.05, 4.69) is 11.7 Å². The summed E-state index contributed by atoms with van der Waals surface area (Å²) in [6.45, 7) is 4.33. The Kier molecular flexibility index (Phi) is 8.72. The molecule has 0 spiro atoms. The van der Waals surface area contributed by atoms with Crippen LogP contribution in [-0.4, -0.2) is 23.2 Å². The van der Waals surface area contributed by atoms with E-state index in [1.807, 2.05) is 60.7 Å². The first kappa shape index (κ1) is 25.6. The fourth-order valence-corrected chi connectivity index (χ4v) is 3.31. The van der Waals surface area contributed by atoms with E-state index in [-0.39, 0.29) is 18.8 Å². The summed E-state index contributed by atoms with van der Waals surface area (Å²) in [6.07, 6.45) is 2.31. The van der Waals surface area contributed by atoms with Gasteiger partial charge in [-0.2, -0.15) is 0 Å². The number of halogens is 5. The molecule has 0 amide bonds. The first-order chi connectivity index (χ1) is 16.8. The van der Waals surface area contributed by atoms with Gasteiger partial charge in [0.15, 0.2) is 23.3 Å². The Balaban J connectivity index is 1.92. The van der Waals surface area contributed by atoms with Crippen molar-refractivity contribution in [1.29, 1.82) is 0 Å². The lowest BCUT2D eigenvalue weighted by Crippen LogP contribution is -2.31. The van der Waals surface area contributed by atoms with Gasteiger partial charge >= 0.3 is 5.97 Å². The normalized spacial score (nSPS) is 11.3. The van der Waals surface area contributed by atoms with E-state index in [9.17, 15) is 26.7 Å². The molecule has 0 aromatic heterocycles. The number of oxime groups is 1. The maximum absolute atomic E-state index is 14.0. The van der Waals surface area contributed by atoms with E-state index in [4.69, 9.17) is 4.84 Å². The summed E-state index contributed by atoms with van der Waals surface area (Å²) < 4.78 is 68.4. The molecule has 0 saturated heterocycles. The Morgan fingerprint density at radius 2 is 1.34 bits per heavy atom. The van der Waals surface area contributed by atoms with Crippen molar-refractivity contribution >= 4 is 11.8 Å². The van der Waals surface area contributed by atoms with Crippen LogP contribution in [0.3, 0.4) is 0 Å². The monoisotopic (exact) mass is 488 g/mol. The molecular weight excluding hydrogens is 467 g/mol. The molecule has 0 radical (unpaired) electrons. The number of carbonyl (C=O) groups excluding carboxylic acids is 1. The highest BCUT2D eigenvalue weighted by atomic mass is 19.2. The molecule has 0 atom stereocenters. The Morgan fingerprint density at radius 3 is 1.89 bits per heavy atom. The number of carbonyl (C=O) groups is 1. The fourth-order valence-electron chi connectivity index (χ4n) is 3.31. The van der Waals surface area contributed by atoms with E-state index in [0.717, 1.165) is 11.1 Å². The lowest BCUT2D eigenvalue weighted by atomic mass is 10.1. The predicted octanol–water partition coefficient (Wildman–Crippen LogP) is 6.17. The van der Waals surface area contributed by atoms with Gasteiger partial charge in [-0.05, 0) is 17.5 Å². The van der Waals surface area contributed by atoms with Crippen molar-refractivity contribution in [3.8, 4) is 0 Å². The van der Waals surface area contributed by atoms with Crippen molar-refractivity contribution in [3.63, 3.8) is 0 Å². The number of benzene rings is 3. The van der Waals surface area contributed by atoms with Crippen molar-refractivity contribution < 1.29 is 31.6 Å². The van der Waals surface area contributed by atoms with Crippen molar-refractivity contribution in [2.45, 2.75) is 19.4 Å². The van der Waals surface area contributed by atoms with Gasteiger partial charge in [-0.15, -0.1) is 6.58 Å². The Morgan fingerprint density at radius 1 is 0.829 bits per heavy atom. The Bertz CT molecular complexity index is 1190. The zero-order valence-corrected chi connectivity index (χ0v) is 18.5. The second-order valence-electron chi connectivity index (χ2n) is 7.47. The van der Waals surface area contributed by atoms with E-state index >= 15 is 0 Å². The van der Waals surface area contributed by atoms with Crippen LogP contribution in [0, 0.1) is 29.1 Å². The highest BCUT2D eigenvalue weighted by molar-refractivity contribution is 5.91. The summed E-state index contributed by atoms with van der Waals surface area (Å²) >= 11 is 0. The van der Waals surface area contributed by atoms with Gasteiger partial charge in [-0.25, -0.2) is 26.7 Å². The number of hydrogen-bond acceptors (Lipinski definition) is 3. The van der Waals surface area contributed by atoms with Crippen LogP contribution in [0.4, 0.5) is 22.0 Å². The van der Waals surface area contributed by atoms with E-state index in [0.29, 0.717) is 13.0 Å². The van der Waals surface area contributed by atoms with Gasteiger partial charge in [0.05, 0.1) is 0 Å². The summed E-state index contributed by atoms with van der Waals surface area (Å²) in [7, 11) is 0. The van der Waals surface area contributed by atoms with Crippen molar-refractivity contribution in [2.75, 3.05) is 6.54 Å². The number of amidine groups is 1. The highest BCUT2D eigenvalue weighted by Gasteiger charge is 2.31. The molecule has 35 heavy (non-hydrogen) atoms. The molecule has 0 fully saturated rings. The van der Waals surface area contributed by atoms with Gasteiger partial charge in [-0.1, -0.05) is 71.9 Å². The van der Waals surface area contributed by atoms with Crippen molar-refractivity contribution in [3.05, 3.63) is 119 Å². The van der Waals surface area contributed by atoms with Crippen LogP contribution in [0.2, 0.25) is 0 Å². The molecule has 0 bridgehead atoms. The van der Waals surface area contributed by atoms with Crippen LogP contribution in [0.1, 0.15) is 27.9 Å². The quantitative estimate of drug-likeness (QED) is 0.0529.